The van der Waals surface area contributed by atoms with Gasteiger partial charge >= 0.3 is 0 Å². The van der Waals surface area contributed by atoms with Gasteiger partial charge in [-0.3, -0.25) is 0 Å². The molecule has 1 fully saturated rings. The monoisotopic (exact) mass is 285 g/mol. The predicted octanol–water partition coefficient (Wildman–Crippen LogP) is 3.36. The third-order valence-electron chi connectivity index (χ3n) is 3.52. The van der Waals surface area contributed by atoms with Crippen molar-refractivity contribution in [1.29, 1.82) is 0 Å². The summed E-state index contributed by atoms with van der Waals surface area (Å²) < 4.78 is 14.3. The van der Waals surface area contributed by atoms with Gasteiger partial charge in [-0.2, -0.15) is 0 Å². The number of aryl methyl sites for hydroxylation is 1. The molecule has 1 aliphatic heterocycles. The molecule has 3 heteroatoms. The van der Waals surface area contributed by atoms with Crippen molar-refractivity contribution in [2.45, 2.75) is 26.7 Å². The molecular weight excluding hydrogens is 269 g/mol. The molecule has 1 atom stereocenters. The first-order chi connectivity index (χ1) is 7.59. The van der Waals surface area contributed by atoms with E-state index in [1.165, 1.54) is 12.0 Å². The zero-order valence-corrected chi connectivity index (χ0v) is 11.3. The van der Waals surface area contributed by atoms with E-state index < -0.39 is 0 Å². The first kappa shape index (κ1) is 12.1. The van der Waals surface area contributed by atoms with Crippen LogP contribution in [0.15, 0.2) is 10.5 Å². The Morgan fingerprint density at radius 1 is 1.50 bits per heavy atom. The molecule has 0 bridgehead atoms. The van der Waals surface area contributed by atoms with Gasteiger partial charge in [0, 0.05) is 0 Å². The van der Waals surface area contributed by atoms with Gasteiger partial charge in [0.1, 0.15) is 5.82 Å². The van der Waals surface area contributed by atoms with Crippen LogP contribution in [0, 0.1) is 25.6 Å². The number of halogens is 2. The summed E-state index contributed by atoms with van der Waals surface area (Å²) in [5.41, 5.74) is 3.41. The van der Waals surface area contributed by atoms with E-state index in [9.17, 15) is 4.39 Å². The van der Waals surface area contributed by atoms with Crippen molar-refractivity contribution in [3.8, 4) is 0 Å². The fraction of sp³-hybridized carbons (Fsp3) is 0.538. The minimum Gasteiger partial charge on any atom is -0.316 e. The largest absolute Gasteiger partial charge is 0.316 e. The number of benzene rings is 1. The number of hydrogen-bond acceptors (Lipinski definition) is 1. The Labute approximate surface area is 105 Å². The average Bonchev–Trinajstić information content (AvgIpc) is 2.74. The van der Waals surface area contributed by atoms with Crippen LogP contribution in [0.2, 0.25) is 0 Å². The lowest BCUT2D eigenvalue weighted by Gasteiger charge is -2.15. The molecule has 0 saturated carbocycles. The van der Waals surface area contributed by atoms with Gasteiger partial charge < -0.3 is 5.32 Å². The molecule has 0 amide bonds. The summed E-state index contributed by atoms with van der Waals surface area (Å²) in [6.07, 6.45) is 2.17. The van der Waals surface area contributed by atoms with Gasteiger partial charge in [-0.05, 0) is 84.4 Å². The molecule has 1 saturated heterocycles. The Morgan fingerprint density at radius 2 is 2.25 bits per heavy atom. The standard InChI is InChI=1S/C13H17BrFN/c1-8-5-12(15)13(14)11(9(8)2)6-10-3-4-16-7-10/h5,10,16H,3-4,6-7H2,1-2H3. The number of rotatable bonds is 2. The Bertz CT molecular complexity index is 371. The van der Waals surface area contributed by atoms with Crippen molar-refractivity contribution in [3.63, 3.8) is 0 Å². The molecule has 0 spiro atoms. The summed E-state index contributed by atoms with van der Waals surface area (Å²) in [5, 5.41) is 3.35. The maximum atomic E-state index is 13.6. The van der Waals surface area contributed by atoms with Crippen LogP contribution >= 0.6 is 15.9 Å². The van der Waals surface area contributed by atoms with E-state index in [-0.39, 0.29) is 5.82 Å². The van der Waals surface area contributed by atoms with Crippen molar-refractivity contribution in [2.75, 3.05) is 13.1 Å². The summed E-state index contributed by atoms with van der Waals surface area (Å²) in [5.74, 6) is 0.514. The van der Waals surface area contributed by atoms with Gasteiger partial charge in [0.05, 0.1) is 4.47 Å². The second kappa shape index (κ2) is 4.84. The van der Waals surface area contributed by atoms with E-state index >= 15 is 0 Å². The molecule has 1 aliphatic rings. The van der Waals surface area contributed by atoms with E-state index in [0.717, 1.165) is 30.6 Å². The van der Waals surface area contributed by atoms with Crippen LogP contribution in [0.5, 0.6) is 0 Å². The third-order valence-corrected chi connectivity index (χ3v) is 4.37. The van der Waals surface area contributed by atoms with E-state index in [0.29, 0.717) is 10.4 Å². The summed E-state index contributed by atoms with van der Waals surface area (Å²) >= 11 is 3.38. The SMILES string of the molecule is Cc1cc(F)c(Br)c(CC2CCNC2)c1C. The molecule has 0 radical (unpaired) electrons. The van der Waals surface area contributed by atoms with Crippen molar-refractivity contribution in [1.82, 2.24) is 5.32 Å². The van der Waals surface area contributed by atoms with Crippen LogP contribution in [0.4, 0.5) is 4.39 Å². The molecular formula is C13H17BrFN. The minimum absolute atomic E-state index is 0.135. The molecule has 2 rings (SSSR count). The molecule has 1 unspecified atom stereocenters. The Hall–Kier alpha value is -0.410. The van der Waals surface area contributed by atoms with Crippen LogP contribution in [0.3, 0.4) is 0 Å². The number of nitrogens with one attached hydrogen (secondary N) is 1. The van der Waals surface area contributed by atoms with E-state index in [4.69, 9.17) is 0 Å². The van der Waals surface area contributed by atoms with Gasteiger partial charge in [0.15, 0.2) is 0 Å². The maximum Gasteiger partial charge on any atom is 0.137 e. The quantitative estimate of drug-likeness (QED) is 0.879. The van der Waals surface area contributed by atoms with Gasteiger partial charge in [-0.15, -0.1) is 0 Å². The highest BCUT2D eigenvalue weighted by Gasteiger charge is 2.19. The summed E-state index contributed by atoms with van der Waals surface area (Å²) in [7, 11) is 0. The lowest BCUT2D eigenvalue weighted by Crippen LogP contribution is -2.12. The normalized spacial score (nSPS) is 20.4. The zero-order valence-electron chi connectivity index (χ0n) is 9.74. The zero-order chi connectivity index (χ0) is 11.7. The maximum absolute atomic E-state index is 13.6. The third kappa shape index (κ3) is 2.30. The van der Waals surface area contributed by atoms with Gasteiger partial charge in [-0.25, -0.2) is 4.39 Å². The Kier molecular flexibility index (Phi) is 3.65. The van der Waals surface area contributed by atoms with Crippen LogP contribution < -0.4 is 5.32 Å². The molecule has 1 heterocycles. The van der Waals surface area contributed by atoms with E-state index in [1.807, 2.05) is 6.92 Å². The highest BCUT2D eigenvalue weighted by Crippen LogP contribution is 2.29. The Balaban J connectivity index is 2.31. The summed E-state index contributed by atoms with van der Waals surface area (Å²) in [6.45, 7) is 6.20. The molecule has 16 heavy (non-hydrogen) atoms. The summed E-state index contributed by atoms with van der Waals surface area (Å²) in [6, 6.07) is 1.61. The van der Waals surface area contributed by atoms with Crippen molar-refractivity contribution >= 4 is 15.9 Å². The minimum atomic E-state index is -0.135. The highest BCUT2D eigenvalue weighted by atomic mass is 79.9. The molecule has 1 aromatic carbocycles. The number of hydrogen-bond donors (Lipinski definition) is 1. The van der Waals surface area contributed by atoms with Crippen molar-refractivity contribution in [2.24, 2.45) is 5.92 Å². The van der Waals surface area contributed by atoms with Crippen LogP contribution in [-0.2, 0) is 6.42 Å². The second-order valence-corrected chi connectivity index (χ2v) is 5.45. The first-order valence-corrected chi connectivity index (χ1v) is 6.53. The van der Waals surface area contributed by atoms with Gasteiger partial charge in [0.25, 0.3) is 0 Å². The van der Waals surface area contributed by atoms with E-state index in [1.54, 1.807) is 6.07 Å². The molecule has 1 N–H and O–H groups in total. The van der Waals surface area contributed by atoms with Crippen LogP contribution in [0.1, 0.15) is 23.1 Å². The van der Waals surface area contributed by atoms with Gasteiger partial charge in [0.2, 0.25) is 0 Å². The van der Waals surface area contributed by atoms with Crippen LogP contribution in [0.25, 0.3) is 0 Å². The fourth-order valence-electron chi connectivity index (χ4n) is 2.33. The Morgan fingerprint density at radius 3 is 2.88 bits per heavy atom. The predicted molar refractivity (Wildman–Crippen MR) is 68.3 cm³/mol. The molecule has 1 aromatic rings. The molecule has 88 valence electrons. The first-order valence-electron chi connectivity index (χ1n) is 5.74. The topological polar surface area (TPSA) is 12.0 Å². The van der Waals surface area contributed by atoms with E-state index in [2.05, 4.69) is 28.2 Å². The highest BCUT2D eigenvalue weighted by molar-refractivity contribution is 9.10. The van der Waals surface area contributed by atoms with Crippen LogP contribution in [-0.4, -0.2) is 13.1 Å². The van der Waals surface area contributed by atoms with Gasteiger partial charge in [-0.1, -0.05) is 0 Å². The lowest BCUT2D eigenvalue weighted by molar-refractivity contribution is 0.567. The lowest BCUT2D eigenvalue weighted by atomic mass is 9.93. The second-order valence-electron chi connectivity index (χ2n) is 4.66. The molecule has 1 nitrogen and oxygen atoms in total. The molecule has 0 aliphatic carbocycles. The average molecular weight is 286 g/mol. The molecule has 0 aromatic heterocycles. The smallest absolute Gasteiger partial charge is 0.137 e. The van der Waals surface area contributed by atoms with Crippen molar-refractivity contribution < 1.29 is 4.39 Å². The van der Waals surface area contributed by atoms with Crippen molar-refractivity contribution in [3.05, 3.63) is 33.0 Å². The fourth-order valence-corrected chi connectivity index (χ4v) is 2.90. The summed E-state index contributed by atoms with van der Waals surface area (Å²) in [4.78, 5) is 0.